The summed E-state index contributed by atoms with van der Waals surface area (Å²) in [5.41, 5.74) is 2.90. The molecule has 1 aliphatic heterocycles. The fraction of sp³-hybridized carbons (Fsp3) is 0.429. The van der Waals surface area contributed by atoms with Crippen molar-refractivity contribution in [3.05, 3.63) is 28.8 Å². The second kappa shape index (κ2) is 4.21. The summed E-state index contributed by atoms with van der Waals surface area (Å²) in [6.45, 7) is 7.10. The number of nitrogens with zero attached hydrogens (tertiary/aromatic N) is 1. The molecule has 0 spiro atoms. The lowest BCUT2D eigenvalue weighted by Gasteiger charge is -2.27. The molecule has 1 aromatic rings. The van der Waals surface area contributed by atoms with Crippen LogP contribution in [0.25, 0.3) is 0 Å². The fourth-order valence-corrected chi connectivity index (χ4v) is 2.38. The predicted octanol–water partition coefficient (Wildman–Crippen LogP) is 1.60. The average Bonchev–Trinajstić information content (AvgIpc) is 2.50. The van der Waals surface area contributed by atoms with Crippen molar-refractivity contribution in [3.63, 3.8) is 0 Å². The van der Waals surface area contributed by atoms with Crippen LogP contribution in [-0.4, -0.2) is 28.9 Å². The molecule has 1 heterocycles. The number of benzene rings is 1. The molecule has 0 fully saturated rings. The number of aryl methyl sites for hydroxylation is 2. The van der Waals surface area contributed by atoms with E-state index in [-0.39, 0.29) is 0 Å². The third kappa shape index (κ3) is 1.73. The number of rotatable bonds is 2. The second-order valence-electron chi connectivity index (χ2n) is 4.96. The summed E-state index contributed by atoms with van der Waals surface area (Å²) in [6.07, 6.45) is -0.687. The average molecular weight is 247 g/mol. The minimum Gasteiger partial charge on any atom is -0.391 e. The molecule has 1 amide bonds. The van der Waals surface area contributed by atoms with Gasteiger partial charge >= 0.3 is 0 Å². The molecule has 2 atom stereocenters. The largest absolute Gasteiger partial charge is 0.391 e. The van der Waals surface area contributed by atoms with Crippen molar-refractivity contribution in [1.29, 1.82) is 0 Å². The number of anilines is 1. The number of carbonyl (C=O) groups is 2. The van der Waals surface area contributed by atoms with E-state index in [0.717, 1.165) is 11.1 Å². The van der Waals surface area contributed by atoms with Crippen molar-refractivity contribution in [2.45, 2.75) is 39.8 Å². The van der Waals surface area contributed by atoms with Crippen LogP contribution in [0.15, 0.2) is 12.1 Å². The van der Waals surface area contributed by atoms with Crippen LogP contribution in [0.1, 0.15) is 35.3 Å². The second-order valence-corrected chi connectivity index (χ2v) is 4.96. The van der Waals surface area contributed by atoms with Gasteiger partial charge < -0.3 is 5.11 Å². The van der Waals surface area contributed by atoms with E-state index in [4.69, 9.17) is 0 Å². The van der Waals surface area contributed by atoms with E-state index in [2.05, 4.69) is 0 Å². The summed E-state index contributed by atoms with van der Waals surface area (Å²) in [5.74, 6) is -1.03. The van der Waals surface area contributed by atoms with E-state index in [9.17, 15) is 14.7 Å². The lowest BCUT2D eigenvalue weighted by molar-refractivity contribution is -0.115. The highest BCUT2D eigenvalue weighted by atomic mass is 16.3. The number of carbonyl (C=O) groups excluding carboxylic acids is 2. The van der Waals surface area contributed by atoms with Crippen molar-refractivity contribution in [1.82, 2.24) is 0 Å². The maximum atomic E-state index is 12.0. The van der Waals surface area contributed by atoms with Gasteiger partial charge in [0.2, 0.25) is 0 Å². The molecular formula is C14H17NO3. The zero-order chi connectivity index (χ0) is 13.6. The molecule has 1 aromatic carbocycles. The molecule has 1 aliphatic rings. The Bertz CT molecular complexity index is 534. The Morgan fingerprint density at radius 1 is 1.17 bits per heavy atom. The zero-order valence-corrected chi connectivity index (χ0v) is 11.0. The molecule has 4 heteroatoms. The van der Waals surface area contributed by atoms with Crippen LogP contribution in [0.3, 0.4) is 0 Å². The SMILES string of the molecule is Cc1cc(C)c2c(c1)N(C(C)C(C)O)C(=O)C2=O. The van der Waals surface area contributed by atoms with Gasteiger partial charge in [0.15, 0.2) is 0 Å². The maximum absolute atomic E-state index is 12.0. The highest BCUT2D eigenvalue weighted by Gasteiger charge is 2.40. The molecule has 2 unspecified atom stereocenters. The first-order chi connectivity index (χ1) is 8.34. The van der Waals surface area contributed by atoms with Gasteiger partial charge in [0, 0.05) is 0 Å². The summed E-state index contributed by atoms with van der Waals surface area (Å²) in [5, 5.41) is 9.64. The number of hydrogen-bond acceptors (Lipinski definition) is 3. The van der Waals surface area contributed by atoms with Gasteiger partial charge in [0.25, 0.3) is 11.7 Å². The minimum absolute atomic E-state index is 0.413. The summed E-state index contributed by atoms with van der Waals surface area (Å²) < 4.78 is 0. The Balaban J connectivity index is 2.62. The highest BCUT2D eigenvalue weighted by Crippen LogP contribution is 2.34. The number of ketones is 1. The molecule has 0 aromatic heterocycles. The van der Waals surface area contributed by atoms with E-state index >= 15 is 0 Å². The van der Waals surface area contributed by atoms with Gasteiger partial charge in [-0.05, 0) is 44.9 Å². The Hall–Kier alpha value is -1.68. The molecule has 4 nitrogen and oxygen atoms in total. The van der Waals surface area contributed by atoms with Crippen LogP contribution < -0.4 is 4.90 Å². The van der Waals surface area contributed by atoms with Crippen molar-refractivity contribution >= 4 is 17.4 Å². The molecule has 18 heavy (non-hydrogen) atoms. The summed E-state index contributed by atoms with van der Waals surface area (Å²) in [7, 11) is 0. The topological polar surface area (TPSA) is 57.6 Å². The van der Waals surface area contributed by atoms with Crippen molar-refractivity contribution < 1.29 is 14.7 Å². The Labute approximate surface area is 106 Å². The highest BCUT2D eigenvalue weighted by molar-refractivity contribution is 6.52. The van der Waals surface area contributed by atoms with Crippen molar-refractivity contribution in [2.75, 3.05) is 4.90 Å². The van der Waals surface area contributed by atoms with Crippen LogP contribution in [0.4, 0.5) is 5.69 Å². The van der Waals surface area contributed by atoms with Crippen LogP contribution in [-0.2, 0) is 4.79 Å². The monoisotopic (exact) mass is 247 g/mol. The fourth-order valence-electron chi connectivity index (χ4n) is 2.38. The van der Waals surface area contributed by atoms with E-state index in [1.54, 1.807) is 13.8 Å². The van der Waals surface area contributed by atoms with Crippen LogP contribution >= 0.6 is 0 Å². The summed E-state index contributed by atoms with van der Waals surface area (Å²) >= 11 is 0. The van der Waals surface area contributed by atoms with Gasteiger partial charge in [-0.2, -0.15) is 0 Å². The van der Waals surface area contributed by atoms with Crippen molar-refractivity contribution in [2.24, 2.45) is 0 Å². The number of hydrogen-bond donors (Lipinski definition) is 1. The Morgan fingerprint density at radius 3 is 2.33 bits per heavy atom. The number of aliphatic hydroxyl groups is 1. The summed E-state index contributed by atoms with van der Waals surface area (Å²) in [4.78, 5) is 25.4. The lowest BCUT2D eigenvalue weighted by Crippen LogP contribution is -2.43. The molecule has 0 aliphatic carbocycles. The van der Waals surface area contributed by atoms with E-state index in [1.807, 2.05) is 26.0 Å². The molecule has 0 saturated heterocycles. The van der Waals surface area contributed by atoms with Gasteiger partial charge in [0.05, 0.1) is 23.4 Å². The van der Waals surface area contributed by atoms with Crippen molar-refractivity contribution in [3.8, 4) is 0 Å². The van der Waals surface area contributed by atoms with Gasteiger partial charge in [-0.1, -0.05) is 6.07 Å². The van der Waals surface area contributed by atoms with Gasteiger partial charge in [-0.15, -0.1) is 0 Å². The maximum Gasteiger partial charge on any atom is 0.299 e. The quantitative estimate of drug-likeness (QED) is 0.808. The van der Waals surface area contributed by atoms with Crippen LogP contribution in [0.2, 0.25) is 0 Å². The molecule has 0 radical (unpaired) electrons. The normalized spacial score (nSPS) is 17.9. The number of Topliss-reactive ketones (excluding diaryl/α,β-unsaturated/α-hetero) is 1. The predicted molar refractivity (Wildman–Crippen MR) is 68.9 cm³/mol. The Morgan fingerprint density at radius 2 is 1.78 bits per heavy atom. The smallest absolute Gasteiger partial charge is 0.299 e. The zero-order valence-electron chi connectivity index (χ0n) is 11.0. The van der Waals surface area contributed by atoms with Gasteiger partial charge in [0.1, 0.15) is 0 Å². The summed E-state index contributed by atoms with van der Waals surface area (Å²) in [6, 6.07) is 3.30. The first-order valence-corrected chi connectivity index (χ1v) is 6.01. The molecule has 1 N–H and O–H groups in total. The molecule has 0 saturated carbocycles. The van der Waals surface area contributed by atoms with Crippen LogP contribution in [0.5, 0.6) is 0 Å². The number of fused-ring (bicyclic) bond motifs is 1. The lowest BCUT2D eigenvalue weighted by atomic mass is 10.0. The molecule has 96 valence electrons. The van der Waals surface area contributed by atoms with E-state index in [1.165, 1.54) is 4.90 Å². The standard InChI is InChI=1S/C14H17NO3/c1-7-5-8(2)12-11(6-7)15(9(3)10(4)16)14(18)13(12)17/h5-6,9-10,16H,1-4H3. The Kier molecular flexibility index (Phi) is 2.99. The third-order valence-electron chi connectivity index (χ3n) is 3.46. The molecule has 2 rings (SSSR count). The van der Waals surface area contributed by atoms with Gasteiger partial charge in [-0.25, -0.2) is 0 Å². The van der Waals surface area contributed by atoms with Crippen LogP contribution in [0, 0.1) is 13.8 Å². The third-order valence-corrected chi connectivity index (χ3v) is 3.46. The first kappa shape index (κ1) is 12.8. The van der Waals surface area contributed by atoms with E-state index in [0.29, 0.717) is 11.3 Å². The van der Waals surface area contributed by atoms with Gasteiger partial charge in [-0.3, -0.25) is 14.5 Å². The minimum atomic E-state index is -0.687. The molecule has 0 bridgehead atoms. The molecular weight excluding hydrogens is 230 g/mol. The number of amides is 1. The first-order valence-electron chi connectivity index (χ1n) is 6.01. The van der Waals surface area contributed by atoms with E-state index < -0.39 is 23.8 Å². The number of aliphatic hydroxyl groups excluding tert-OH is 1.